The molecule has 0 saturated heterocycles. The van der Waals surface area contributed by atoms with Crippen molar-refractivity contribution >= 4 is 0 Å². The van der Waals surface area contributed by atoms with Gasteiger partial charge >= 0.3 is 0 Å². The Morgan fingerprint density at radius 1 is 0.471 bits per heavy atom. The fourth-order valence-electron chi connectivity index (χ4n) is 4.58. The van der Waals surface area contributed by atoms with Gasteiger partial charge < -0.3 is 9.84 Å². The first kappa shape index (κ1) is 23.8. The molecule has 174 valence electrons. The van der Waals surface area contributed by atoms with Gasteiger partial charge in [0.25, 0.3) is 0 Å². The summed E-state index contributed by atoms with van der Waals surface area (Å²) in [6.45, 7) is 0.340. The van der Waals surface area contributed by atoms with Crippen LogP contribution in [0.2, 0.25) is 0 Å². The van der Waals surface area contributed by atoms with Crippen molar-refractivity contribution in [3.05, 3.63) is 137 Å². The van der Waals surface area contributed by atoms with Gasteiger partial charge in [-0.15, -0.1) is 0 Å². The van der Waals surface area contributed by atoms with E-state index in [2.05, 4.69) is 103 Å². The highest BCUT2D eigenvalue weighted by atomic mass is 16.5. The SMILES string of the molecule is OCCOc1ccc(CCc2ccccc2)c(CCc2ccccc2)c1CCc1ccccc1. The minimum absolute atomic E-state index is 0.0211. The molecule has 4 rings (SSSR count). The lowest BCUT2D eigenvalue weighted by Crippen LogP contribution is -2.10. The summed E-state index contributed by atoms with van der Waals surface area (Å²) in [5, 5.41) is 9.39. The van der Waals surface area contributed by atoms with Gasteiger partial charge in [-0.2, -0.15) is 0 Å². The summed E-state index contributed by atoms with van der Waals surface area (Å²) in [5.41, 5.74) is 8.15. The summed E-state index contributed by atoms with van der Waals surface area (Å²) < 4.78 is 6.04. The van der Waals surface area contributed by atoms with Crippen molar-refractivity contribution in [1.29, 1.82) is 0 Å². The Bertz CT molecular complexity index is 1120. The van der Waals surface area contributed by atoms with Crippen LogP contribution in [-0.2, 0) is 38.5 Å². The standard InChI is InChI=1S/C32H34O2/c33-24-25-34-32-23-20-29(19-16-26-10-4-1-5-11-26)30(21-17-27-12-6-2-7-13-27)31(32)22-18-28-14-8-3-9-15-28/h1-15,20,23,33H,16-19,21-22,24-25H2. The maximum atomic E-state index is 9.39. The molecule has 0 heterocycles. The van der Waals surface area contributed by atoms with Crippen LogP contribution in [0.15, 0.2) is 103 Å². The summed E-state index contributed by atoms with van der Waals surface area (Å²) in [5.74, 6) is 0.913. The molecule has 4 aromatic carbocycles. The molecular weight excluding hydrogens is 416 g/mol. The van der Waals surface area contributed by atoms with E-state index < -0.39 is 0 Å². The zero-order valence-corrected chi connectivity index (χ0v) is 19.8. The second-order valence-corrected chi connectivity index (χ2v) is 8.71. The predicted octanol–water partition coefficient (Wildman–Crippen LogP) is 6.41. The first-order valence-corrected chi connectivity index (χ1v) is 12.3. The van der Waals surface area contributed by atoms with Crippen molar-refractivity contribution in [1.82, 2.24) is 0 Å². The highest BCUT2D eigenvalue weighted by Crippen LogP contribution is 2.30. The molecule has 2 nitrogen and oxygen atoms in total. The van der Waals surface area contributed by atoms with E-state index >= 15 is 0 Å². The Hall–Kier alpha value is -3.36. The first-order valence-electron chi connectivity index (χ1n) is 12.3. The van der Waals surface area contributed by atoms with Gasteiger partial charge in [-0.25, -0.2) is 0 Å². The number of ether oxygens (including phenoxy) is 1. The van der Waals surface area contributed by atoms with E-state index in [9.17, 15) is 5.11 Å². The van der Waals surface area contributed by atoms with Crippen molar-refractivity contribution in [2.45, 2.75) is 38.5 Å². The molecule has 0 spiro atoms. The number of hydrogen-bond donors (Lipinski definition) is 1. The van der Waals surface area contributed by atoms with E-state index in [4.69, 9.17) is 4.74 Å². The van der Waals surface area contributed by atoms with Gasteiger partial charge in [0.1, 0.15) is 12.4 Å². The maximum Gasteiger partial charge on any atom is 0.122 e. The van der Waals surface area contributed by atoms with Crippen LogP contribution in [0.1, 0.15) is 33.4 Å². The zero-order valence-electron chi connectivity index (χ0n) is 19.8. The van der Waals surface area contributed by atoms with Crippen LogP contribution >= 0.6 is 0 Å². The van der Waals surface area contributed by atoms with Crippen LogP contribution in [-0.4, -0.2) is 18.3 Å². The summed E-state index contributed by atoms with van der Waals surface area (Å²) in [7, 11) is 0. The Labute approximate surface area is 203 Å². The molecule has 0 unspecified atom stereocenters. The molecule has 0 saturated carbocycles. The Morgan fingerprint density at radius 2 is 0.941 bits per heavy atom. The van der Waals surface area contributed by atoms with Crippen LogP contribution in [0.4, 0.5) is 0 Å². The van der Waals surface area contributed by atoms with Gasteiger partial charge in [0.05, 0.1) is 6.61 Å². The second kappa shape index (κ2) is 12.8. The van der Waals surface area contributed by atoms with Crippen LogP contribution in [0.5, 0.6) is 5.75 Å². The van der Waals surface area contributed by atoms with Gasteiger partial charge in [0, 0.05) is 0 Å². The Morgan fingerprint density at radius 3 is 1.44 bits per heavy atom. The van der Waals surface area contributed by atoms with E-state index in [0.29, 0.717) is 6.61 Å². The van der Waals surface area contributed by atoms with E-state index in [0.717, 1.165) is 44.3 Å². The number of rotatable bonds is 12. The number of aryl methyl sites for hydroxylation is 4. The molecule has 0 fully saturated rings. The molecule has 2 heteroatoms. The molecule has 0 amide bonds. The molecule has 34 heavy (non-hydrogen) atoms. The van der Waals surface area contributed by atoms with Crippen LogP contribution in [0.25, 0.3) is 0 Å². The molecule has 0 aromatic heterocycles. The topological polar surface area (TPSA) is 29.5 Å². The molecule has 1 N–H and O–H groups in total. The minimum atomic E-state index is 0.0211. The molecule has 0 radical (unpaired) electrons. The van der Waals surface area contributed by atoms with Crippen molar-refractivity contribution in [2.75, 3.05) is 13.2 Å². The molecule has 0 aliphatic rings. The Kier molecular flexibility index (Phi) is 8.93. The number of aliphatic hydroxyl groups is 1. The fraction of sp³-hybridized carbons (Fsp3) is 0.250. The largest absolute Gasteiger partial charge is 0.491 e. The van der Waals surface area contributed by atoms with Crippen molar-refractivity contribution in [3.8, 4) is 5.75 Å². The highest BCUT2D eigenvalue weighted by Gasteiger charge is 2.15. The lowest BCUT2D eigenvalue weighted by Gasteiger charge is -2.20. The quantitative estimate of drug-likeness (QED) is 0.270. The summed E-state index contributed by atoms with van der Waals surface area (Å²) in [6, 6.07) is 36.4. The van der Waals surface area contributed by atoms with Gasteiger partial charge in [-0.05, 0) is 78.0 Å². The fourth-order valence-corrected chi connectivity index (χ4v) is 4.58. The predicted molar refractivity (Wildman–Crippen MR) is 141 cm³/mol. The normalized spacial score (nSPS) is 10.9. The molecule has 4 aromatic rings. The van der Waals surface area contributed by atoms with E-state index in [1.54, 1.807) is 0 Å². The van der Waals surface area contributed by atoms with Crippen molar-refractivity contribution in [3.63, 3.8) is 0 Å². The number of aliphatic hydroxyl groups excluding tert-OH is 1. The lowest BCUT2D eigenvalue weighted by atomic mass is 9.88. The van der Waals surface area contributed by atoms with E-state index in [-0.39, 0.29) is 6.61 Å². The molecule has 0 aliphatic carbocycles. The molecule has 0 bridgehead atoms. The number of hydrogen-bond acceptors (Lipinski definition) is 2. The van der Waals surface area contributed by atoms with Gasteiger partial charge in [0.2, 0.25) is 0 Å². The average Bonchev–Trinajstić information content (AvgIpc) is 2.90. The average molecular weight is 451 g/mol. The second-order valence-electron chi connectivity index (χ2n) is 8.71. The number of benzene rings is 4. The maximum absolute atomic E-state index is 9.39. The Balaban J connectivity index is 1.64. The van der Waals surface area contributed by atoms with Crippen molar-refractivity contribution in [2.24, 2.45) is 0 Å². The van der Waals surface area contributed by atoms with Crippen LogP contribution in [0.3, 0.4) is 0 Å². The molecule has 0 atom stereocenters. The first-order chi connectivity index (χ1) is 16.8. The zero-order chi connectivity index (χ0) is 23.4. The highest BCUT2D eigenvalue weighted by molar-refractivity contribution is 5.47. The van der Waals surface area contributed by atoms with Crippen LogP contribution in [0, 0.1) is 0 Å². The van der Waals surface area contributed by atoms with Gasteiger partial charge in [0.15, 0.2) is 0 Å². The van der Waals surface area contributed by atoms with E-state index in [1.807, 2.05) is 0 Å². The van der Waals surface area contributed by atoms with Crippen LogP contribution < -0.4 is 4.74 Å². The molecule has 0 aliphatic heterocycles. The van der Waals surface area contributed by atoms with Crippen molar-refractivity contribution < 1.29 is 9.84 Å². The minimum Gasteiger partial charge on any atom is -0.491 e. The third-order valence-corrected chi connectivity index (χ3v) is 6.37. The van der Waals surface area contributed by atoms with E-state index in [1.165, 1.54) is 33.4 Å². The lowest BCUT2D eigenvalue weighted by molar-refractivity contribution is 0.200. The summed E-state index contributed by atoms with van der Waals surface area (Å²) in [6.07, 6.45) is 5.90. The third kappa shape index (κ3) is 6.82. The van der Waals surface area contributed by atoms with Gasteiger partial charge in [-0.3, -0.25) is 0 Å². The smallest absolute Gasteiger partial charge is 0.122 e. The van der Waals surface area contributed by atoms with Gasteiger partial charge in [-0.1, -0.05) is 97.1 Å². The summed E-state index contributed by atoms with van der Waals surface area (Å²) in [4.78, 5) is 0. The molecular formula is C32H34O2. The summed E-state index contributed by atoms with van der Waals surface area (Å²) >= 11 is 0. The monoisotopic (exact) mass is 450 g/mol. The third-order valence-electron chi connectivity index (χ3n) is 6.37.